The number of halogens is 4. The van der Waals surface area contributed by atoms with Gasteiger partial charge in [0.05, 0.1) is 13.7 Å². The Morgan fingerprint density at radius 2 is 1.78 bits per heavy atom. The summed E-state index contributed by atoms with van der Waals surface area (Å²) in [5.41, 5.74) is -2.02. The van der Waals surface area contributed by atoms with Crippen molar-refractivity contribution in [1.29, 1.82) is 0 Å². The van der Waals surface area contributed by atoms with Crippen LogP contribution in [-0.4, -0.2) is 65.1 Å². The van der Waals surface area contributed by atoms with Crippen LogP contribution >= 0.6 is 0 Å². The van der Waals surface area contributed by atoms with Crippen LogP contribution in [0.3, 0.4) is 0 Å². The van der Waals surface area contributed by atoms with Crippen LogP contribution in [0.15, 0.2) is 30.3 Å². The van der Waals surface area contributed by atoms with Gasteiger partial charge in [0.15, 0.2) is 0 Å². The van der Waals surface area contributed by atoms with E-state index in [2.05, 4.69) is 10.3 Å². The summed E-state index contributed by atoms with van der Waals surface area (Å²) in [5, 5.41) is 12.0. The third kappa shape index (κ3) is 7.68. The molecule has 3 rings (SSSR count). The molecule has 13 heteroatoms. The van der Waals surface area contributed by atoms with Crippen LogP contribution in [0.1, 0.15) is 42.4 Å². The van der Waals surface area contributed by atoms with Crippen molar-refractivity contribution in [2.45, 2.75) is 51.4 Å². The molecule has 1 aromatic heterocycles. The van der Waals surface area contributed by atoms with Gasteiger partial charge in [-0.15, -0.1) is 0 Å². The minimum Gasteiger partial charge on any atom is -0.497 e. The number of hydrogen-bond donors (Lipinski definition) is 2. The van der Waals surface area contributed by atoms with Gasteiger partial charge >= 0.3 is 12.3 Å². The number of likely N-dealkylation sites (tertiary alicyclic amines) is 1. The molecule has 1 fully saturated rings. The summed E-state index contributed by atoms with van der Waals surface area (Å²) < 4.78 is 69.9. The number of carbonyl (C=O) groups is 2. The minimum atomic E-state index is -4.81. The van der Waals surface area contributed by atoms with E-state index in [1.165, 1.54) is 31.4 Å². The van der Waals surface area contributed by atoms with Crippen molar-refractivity contribution >= 4 is 12.0 Å². The lowest BCUT2D eigenvalue weighted by Crippen LogP contribution is -2.32. The van der Waals surface area contributed by atoms with Gasteiger partial charge < -0.3 is 29.5 Å². The highest BCUT2D eigenvalue weighted by Gasteiger charge is 2.35. The van der Waals surface area contributed by atoms with Crippen LogP contribution in [0.4, 0.5) is 22.4 Å². The predicted octanol–water partition coefficient (Wildman–Crippen LogP) is 4.08. The molecule has 1 aromatic carbocycles. The van der Waals surface area contributed by atoms with E-state index in [1.54, 1.807) is 20.8 Å². The van der Waals surface area contributed by atoms with E-state index in [0.717, 1.165) is 11.0 Å². The van der Waals surface area contributed by atoms with Crippen LogP contribution in [0, 0.1) is 0 Å². The molecule has 2 amide bonds. The number of alkyl halides is 4. The molecule has 37 heavy (non-hydrogen) atoms. The number of pyridine rings is 1. The topological polar surface area (TPSA) is 110 Å². The fourth-order valence-corrected chi connectivity index (χ4v) is 3.44. The zero-order valence-electron chi connectivity index (χ0n) is 20.6. The first-order valence-electron chi connectivity index (χ1n) is 11.2. The quantitative estimate of drug-likeness (QED) is 0.543. The summed E-state index contributed by atoms with van der Waals surface area (Å²) in [4.78, 5) is 29.4. The van der Waals surface area contributed by atoms with Crippen molar-refractivity contribution in [3.05, 3.63) is 47.2 Å². The van der Waals surface area contributed by atoms with Crippen molar-refractivity contribution in [3.8, 4) is 17.4 Å². The van der Waals surface area contributed by atoms with Crippen LogP contribution in [0.2, 0.25) is 0 Å². The molecule has 0 aliphatic carbocycles. The fraction of sp³-hybridized carbons (Fsp3) is 0.458. The lowest BCUT2D eigenvalue weighted by atomic mass is 10.1. The maximum absolute atomic E-state index is 13.7. The van der Waals surface area contributed by atoms with Gasteiger partial charge in [-0.25, -0.2) is 14.2 Å². The van der Waals surface area contributed by atoms with Crippen molar-refractivity contribution in [2.24, 2.45) is 0 Å². The molecule has 2 N–H and O–H groups in total. The van der Waals surface area contributed by atoms with E-state index in [-0.39, 0.29) is 42.3 Å². The molecule has 1 aliphatic heterocycles. The number of nitrogens with zero attached hydrogens (tertiary/aromatic N) is 2. The van der Waals surface area contributed by atoms with Gasteiger partial charge in [-0.05, 0) is 44.5 Å². The average molecular weight is 529 g/mol. The molecular formula is C24H27F4N3O6. The maximum Gasteiger partial charge on any atom is 0.433 e. The van der Waals surface area contributed by atoms with E-state index in [4.69, 9.17) is 14.2 Å². The molecule has 0 spiro atoms. The number of aromatic nitrogens is 1. The van der Waals surface area contributed by atoms with E-state index >= 15 is 0 Å². The number of β-amino-alcohol motifs (C(OH)–C–C–N with tert-alkyl or cyclic N) is 1. The smallest absolute Gasteiger partial charge is 0.433 e. The van der Waals surface area contributed by atoms with Gasteiger partial charge in [0.1, 0.15) is 35.1 Å². The number of hydrogen-bond acceptors (Lipinski definition) is 7. The Labute approximate surface area is 210 Å². The van der Waals surface area contributed by atoms with Gasteiger partial charge in [-0.2, -0.15) is 13.2 Å². The molecule has 0 bridgehead atoms. The van der Waals surface area contributed by atoms with Gasteiger partial charge in [0, 0.05) is 30.8 Å². The van der Waals surface area contributed by atoms with E-state index in [1.807, 2.05) is 0 Å². The Morgan fingerprint density at radius 3 is 2.35 bits per heavy atom. The highest BCUT2D eigenvalue weighted by atomic mass is 19.4. The molecule has 2 heterocycles. The van der Waals surface area contributed by atoms with Gasteiger partial charge in [0.25, 0.3) is 5.91 Å². The first kappa shape index (κ1) is 28.0. The van der Waals surface area contributed by atoms with Crippen molar-refractivity contribution < 1.29 is 46.5 Å². The Hall–Kier alpha value is -3.61. The molecule has 0 saturated carbocycles. The van der Waals surface area contributed by atoms with E-state index < -0.39 is 47.6 Å². The van der Waals surface area contributed by atoms with Crippen molar-refractivity contribution in [2.75, 3.05) is 20.2 Å². The molecule has 0 radical (unpaired) electrons. The summed E-state index contributed by atoms with van der Waals surface area (Å²) in [5.74, 6) is -1.00. The van der Waals surface area contributed by atoms with Crippen LogP contribution in [0.5, 0.6) is 17.4 Å². The van der Waals surface area contributed by atoms with Crippen LogP contribution < -0.4 is 14.8 Å². The van der Waals surface area contributed by atoms with Crippen LogP contribution in [-0.2, 0) is 17.5 Å². The lowest BCUT2D eigenvalue weighted by Gasteiger charge is -2.20. The number of amides is 2. The van der Waals surface area contributed by atoms with E-state index in [0.29, 0.717) is 0 Å². The summed E-state index contributed by atoms with van der Waals surface area (Å²) in [6, 6.07) is 5.87. The van der Waals surface area contributed by atoms with Crippen LogP contribution in [0.25, 0.3) is 0 Å². The van der Waals surface area contributed by atoms with E-state index in [9.17, 15) is 32.3 Å². The average Bonchev–Trinajstić information content (AvgIpc) is 3.13. The summed E-state index contributed by atoms with van der Waals surface area (Å²) in [7, 11) is 1.31. The zero-order chi connectivity index (χ0) is 27.5. The number of nitrogens with one attached hydrogen (secondary N) is 1. The Bertz CT molecular complexity index is 1140. The maximum atomic E-state index is 13.7. The second-order valence-electron chi connectivity index (χ2n) is 9.34. The molecule has 2 atom stereocenters. The largest absolute Gasteiger partial charge is 0.497 e. The zero-order valence-corrected chi connectivity index (χ0v) is 20.6. The summed E-state index contributed by atoms with van der Waals surface area (Å²) >= 11 is 0. The molecule has 202 valence electrons. The second kappa shape index (κ2) is 10.8. The third-order valence-electron chi connectivity index (χ3n) is 5.08. The first-order chi connectivity index (χ1) is 17.1. The predicted molar refractivity (Wildman–Crippen MR) is 122 cm³/mol. The van der Waals surface area contributed by atoms with Gasteiger partial charge in [0.2, 0.25) is 5.88 Å². The monoisotopic (exact) mass is 529 g/mol. The number of carbonyl (C=O) groups excluding carboxylic acids is 2. The number of alkyl carbamates (subject to hydrolysis) is 1. The highest BCUT2D eigenvalue weighted by molar-refractivity contribution is 5.95. The molecule has 9 nitrogen and oxygen atoms in total. The molecule has 2 aromatic rings. The number of rotatable bonds is 6. The molecule has 1 aliphatic rings. The number of ether oxygens (including phenoxy) is 3. The van der Waals surface area contributed by atoms with Gasteiger partial charge in [-0.1, -0.05) is 0 Å². The summed E-state index contributed by atoms with van der Waals surface area (Å²) in [6.45, 7) is 4.10. The first-order valence-corrected chi connectivity index (χ1v) is 11.2. The standard InChI is InChI=1S/C24H27F4N3O6/c1-23(2,3)37-22(34)29-10-13-5-19(24(26,27)28)30-20(6-13)36-16-8-14(7-15(9-16)35-4)21(33)31-11-17(25)18(32)12-31/h5-9,17-18,32H,10-12H2,1-4H3,(H,29,34)/t17-,18-/m1/s1. The third-order valence-corrected chi connectivity index (χ3v) is 5.08. The van der Waals surface area contributed by atoms with Crippen molar-refractivity contribution in [3.63, 3.8) is 0 Å². The molecule has 0 unspecified atom stereocenters. The number of benzene rings is 1. The SMILES string of the molecule is COc1cc(Oc2cc(CNC(=O)OC(C)(C)C)cc(C(F)(F)F)n2)cc(C(=O)N2C[C@@H](O)[C@H](F)C2)c1. The Morgan fingerprint density at radius 1 is 1.11 bits per heavy atom. The summed E-state index contributed by atoms with van der Waals surface area (Å²) in [6.07, 6.45) is -8.53. The number of aliphatic hydroxyl groups is 1. The highest BCUT2D eigenvalue weighted by Crippen LogP contribution is 2.33. The fourth-order valence-electron chi connectivity index (χ4n) is 3.44. The number of methoxy groups -OCH3 is 1. The Balaban J connectivity index is 1.87. The molecular weight excluding hydrogens is 502 g/mol. The minimum absolute atomic E-state index is 0.00874. The van der Waals surface area contributed by atoms with Crippen molar-refractivity contribution in [1.82, 2.24) is 15.2 Å². The molecule has 1 saturated heterocycles. The Kier molecular flexibility index (Phi) is 8.16. The van der Waals surface area contributed by atoms with Gasteiger partial charge in [-0.3, -0.25) is 4.79 Å². The normalized spacial score (nSPS) is 17.9. The number of aliphatic hydroxyl groups excluding tert-OH is 1. The lowest BCUT2D eigenvalue weighted by molar-refractivity contribution is -0.141. The second-order valence-corrected chi connectivity index (χ2v) is 9.34.